The van der Waals surface area contributed by atoms with E-state index in [-0.39, 0.29) is 27.7 Å². The maximum Gasteiger partial charge on any atom is 0.266 e. The molecule has 0 bridgehead atoms. The molecule has 2 amide bonds. The molecule has 0 aliphatic carbocycles. The van der Waals surface area contributed by atoms with E-state index < -0.39 is 17.9 Å². The van der Waals surface area contributed by atoms with Crippen molar-refractivity contribution in [3.63, 3.8) is 0 Å². The molecule has 0 spiro atoms. The number of para-hydroxylation sites is 2. The highest BCUT2D eigenvalue weighted by Gasteiger charge is 2.59. The lowest BCUT2D eigenvalue weighted by Crippen LogP contribution is -2.40. The van der Waals surface area contributed by atoms with Crippen LogP contribution in [0.5, 0.6) is 0 Å². The number of halogens is 2. The molecule has 0 aromatic heterocycles. The number of anilines is 2. The zero-order valence-electron chi connectivity index (χ0n) is 14.6. The Kier molecular flexibility index (Phi) is 4.84. The highest BCUT2D eigenvalue weighted by atomic mass is 35.5. The van der Waals surface area contributed by atoms with Gasteiger partial charge in [0.25, 0.3) is 5.91 Å². The predicted molar refractivity (Wildman–Crippen MR) is 105 cm³/mol. The van der Waals surface area contributed by atoms with Crippen LogP contribution in [0, 0.1) is 5.92 Å². The molecule has 2 aromatic rings. The van der Waals surface area contributed by atoms with Crippen LogP contribution in [0.1, 0.15) is 19.8 Å². The Morgan fingerprint density at radius 3 is 2.26 bits per heavy atom. The molecule has 5 nitrogen and oxygen atoms in total. The molecule has 140 valence electrons. The van der Waals surface area contributed by atoms with E-state index in [0.29, 0.717) is 0 Å². The summed E-state index contributed by atoms with van der Waals surface area (Å²) in [5, 5.41) is 2.23. The van der Waals surface area contributed by atoms with Crippen molar-refractivity contribution in [1.82, 2.24) is 0 Å². The van der Waals surface area contributed by atoms with Crippen molar-refractivity contribution in [3.05, 3.63) is 58.6 Å². The fraction of sp³-hybridized carbons (Fsp3) is 0.300. The highest BCUT2D eigenvalue weighted by molar-refractivity contribution is 6.42. The van der Waals surface area contributed by atoms with Crippen molar-refractivity contribution in [2.24, 2.45) is 5.92 Å². The summed E-state index contributed by atoms with van der Waals surface area (Å²) in [6.07, 6.45) is 0.704. The third-order valence-electron chi connectivity index (χ3n) is 4.99. The first-order valence-corrected chi connectivity index (χ1v) is 9.63. The minimum Gasteiger partial charge on any atom is -0.273 e. The average Bonchev–Trinajstić information content (AvgIpc) is 3.14. The normalized spacial score (nSPS) is 24.6. The topological polar surface area (TPSA) is 49.9 Å². The second kappa shape index (κ2) is 7.15. The van der Waals surface area contributed by atoms with E-state index in [1.807, 2.05) is 37.3 Å². The monoisotopic (exact) mass is 404 g/mol. The van der Waals surface area contributed by atoms with Gasteiger partial charge in [0.2, 0.25) is 5.91 Å². The van der Waals surface area contributed by atoms with Crippen molar-refractivity contribution in [1.29, 1.82) is 0 Å². The molecule has 2 fully saturated rings. The van der Waals surface area contributed by atoms with Crippen LogP contribution in [0.4, 0.5) is 11.4 Å². The Balaban J connectivity index is 1.72. The van der Waals surface area contributed by atoms with Crippen molar-refractivity contribution < 1.29 is 14.4 Å². The Labute approximate surface area is 167 Å². The highest BCUT2D eigenvalue weighted by Crippen LogP contribution is 2.44. The van der Waals surface area contributed by atoms with Crippen molar-refractivity contribution in [2.75, 3.05) is 9.96 Å². The third kappa shape index (κ3) is 2.90. The van der Waals surface area contributed by atoms with Gasteiger partial charge >= 0.3 is 0 Å². The van der Waals surface area contributed by atoms with E-state index in [1.54, 1.807) is 23.3 Å². The lowest BCUT2D eigenvalue weighted by atomic mass is 9.93. The molecule has 0 saturated carbocycles. The molecule has 0 N–H and O–H groups in total. The van der Waals surface area contributed by atoms with Crippen molar-refractivity contribution in [2.45, 2.75) is 31.9 Å². The smallest absolute Gasteiger partial charge is 0.266 e. The second-order valence-corrected chi connectivity index (χ2v) is 7.47. The summed E-state index contributed by atoms with van der Waals surface area (Å²) in [4.78, 5) is 33.4. The minimum atomic E-state index is -0.874. The van der Waals surface area contributed by atoms with Crippen LogP contribution in [0.3, 0.4) is 0 Å². The van der Waals surface area contributed by atoms with Gasteiger partial charge in [-0.25, -0.2) is 9.96 Å². The molecule has 0 radical (unpaired) electrons. The number of hydrogen-bond acceptors (Lipinski definition) is 4. The standard InChI is InChI=1S/C20H18Cl2N2O3/c1-2-7-15-16-18(27-24(15)12-8-4-3-5-9-12)20(26)23(19(16)25)17-13(21)10-6-11-14(17)22/h3-6,8-11,15-16,18H,2,7H2,1H3/t15-,16-,18-/m1/s1. The molecule has 4 rings (SSSR count). The lowest BCUT2D eigenvalue weighted by Gasteiger charge is -2.28. The van der Waals surface area contributed by atoms with Crippen molar-refractivity contribution >= 4 is 46.4 Å². The van der Waals surface area contributed by atoms with Crippen LogP contribution in [-0.2, 0) is 14.4 Å². The molecule has 0 unspecified atom stereocenters. The molecular formula is C20H18Cl2N2O3. The fourth-order valence-electron chi connectivity index (χ4n) is 3.83. The van der Waals surface area contributed by atoms with Gasteiger partial charge in [0.15, 0.2) is 6.10 Å². The van der Waals surface area contributed by atoms with E-state index in [0.717, 1.165) is 23.4 Å². The number of benzene rings is 2. The molecule has 27 heavy (non-hydrogen) atoms. The van der Waals surface area contributed by atoms with Crippen LogP contribution in [0.2, 0.25) is 10.0 Å². The second-order valence-electron chi connectivity index (χ2n) is 6.65. The van der Waals surface area contributed by atoms with Gasteiger partial charge in [-0.15, -0.1) is 0 Å². The molecule has 2 aliphatic heterocycles. The van der Waals surface area contributed by atoms with Crippen LogP contribution in [0.15, 0.2) is 48.5 Å². The fourth-order valence-corrected chi connectivity index (χ4v) is 4.40. The number of amides is 2. The van der Waals surface area contributed by atoms with Crippen LogP contribution in [-0.4, -0.2) is 24.0 Å². The number of rotatable bonds is 4. The van der Waals surface area contributed by atoms with Gasteiger partial charge in [-0.3, -0.25) is 14.4 Å². The zero-order valence-corrected chi connectivity index (χ0v) is 16.2. The largest absolute Gasteiger partial charge is 0.273 e. The maximum atomic E-state index is 13.2. The van der Waals surface area contributed by atoms with Crippen LogP contribution in [0.25, 0.3) is 0 Å². The number of imide groups is 1. The number of hydrogen-bond donors (Lipinski definition) is 0. The van der Waals surface area contributed by atoms with Gasteiger partial charge in [0, 0.05) is 0 Å². The SMILES string of the molecule is CCC[C@@H]1[C@H]2C(=O)N(c3c(Cl)cccc3Cl)C(=O)[C@@H]2ON1c1ccccc1. The number of fused-ring (bicyclic) bond motifs is 1. The molecule has 2 aliphatic rings. The van der Waals surface area contributed by atoms with Gasteiger partial charge in [-0.2, -0.15) is 0 Å². The Morgan fingerprint density at radius 2 is 1.63 bits per heavy atom. The summed E-state index contributed by atoms with van der Waals surface area (Å²) in [5.74, 6) is -1.35. The van der Waals surface area contributed by atoms with Gasteiger partial charge in [-0.05, 0) is 30.7 Å². The van der Waals surface area contributed by atoms with E-state index in [4.69, 9.17) is 28.0 Å². The Morgan fingerprint density at radius 1 is 0.963 bits per heavy atom. The van der Waals surface area contributed by atoms with Crippen molar-refractivity contribution in [3.8, 4) is 0 Å². The first-order chi connectivity index (χ1) is 13.0. The quantitative estimate of drug-likeness (QED) is 0.705. The molecule has 2 heterocycles. The number of hydroxylamine groups is 1. The minimum absolute atomic E-state index is 0.231. The van der Waals surface area contributed by atoms with E-state index in [2.05, 4.69) is 0 Å². The first-order valence-electron chi connectivity index (χ1n) is 8.87. The molecule has 2 saturated heterocycles. The summed E-state index contributed by atoms with van der Waals surface area (Å²) >= 11 is 12.5. The van der Waals surface area contributed by atoms with Gasteiger partial charge < -0.3 is 0 Å². The Hall–Kier alpha value is -2.08. The van der Waals surface area contributed by atoms with Gasteiger partial charge in [0.05, 0.1) is 33.4 Å². The molecule has 3 atom stereocenters. The summed E-state index contributed by atoms with van der Waals surface area (Å²) in [5.41, 5.74) is 1.06. The Bertz CT molecular complexity index is 870. The van der Waals surface area contributed by atoms with Gasteiger partial charge in [-0.1, -0.05) is 60.8 Å². The van der Waals surface area contributed by atoms with E-state index in [9.17, 15) is 9.59 Å². The first kappa shape index (κ1) is 18.3. The lowest BCUT2D eigenvalue weighted by molar-refractivity contribution is -0.126. The number of nitrogens with zero attached hydrogens (tertiary/aromatic N) is 2. The van der Waals surface area contributed by atoms with Crippen LogP contribution >= 0.6 is 23.2 Å². The zero-order chi connectivity index (χ0) is 19.1. The summed E-state index contributed by atoms with van der Waals surface area (Å²) in [6, 6.07) is 14.2. The predicted octanol–water partition coefficient (Wildman–Crippen LogP) is 4.47. The molecular weight excluding hydrogens is 387 g/mol. The van der Waals surface area contributed by atoms with E-state index >= 15 is 0 Å². The maximum absolute atomic E-state index is 13.2. The number of carbonyl (C=O) groups is 2. The average molecular weight is 405 g/mol. The van der Waals surface area contributed by atoms with Gasteiger partial charge in [0.1, 0.15) is 0 Å². The summed E-state index contributed by atoms with van der Waals surface area (Å²) in [7, 11) is 0. The third-order valence-corrected chi connectivity index (χ3v) is 5.60. The molecule has 7 heteroatoms. The molecule has 2 aromatic carbocycles. The summed E-state index contributed by atoms with van der Waals surface area (Å²) in [6.45, 7) is 2.04. The number of carbonyl (C=O) groups excluding carboxylic acids is 2. The summed E-state index contributed by atoms with van der Waals surface area (Å²) < 4.78 is 0. The van der Waals surface area contributed by atoms with E-state index in [1.165, 1.54) is 0 Å². The van der Waals surface area contributed by atoms with Crippen LogP contribution < -0.4 is 9.96 Å².